The fraction of sp³-hybridized carbons (Fsp3) is 0.462. The molecule has 214 valence electrons. The molecule has 2 saturated heterocycles. The van der Waals surface area contributed by atoms with Crippen LogP contribution in [0.4, 0.5) is 0 Å². The van der Waals surface area contributed by atoms with Gasteiger partial charge in [-0.15, -0.1) is 0 Å². The second kappa shape index (κ2) is 16.2. The molecule has 0 atom stereocenters. The highest BCUT2D eigenvalue weighted by Gasteiger charge is 2.24. The number of aromatic nitrogens is 2. The number of pyridine rings is 2. The standard InChI is InChI=1S/C26H34N8O2S4/c35-23(21-7-11-27-12-8-21)29-33-17-31(25(37)39-19-33)15-5-3-1-2-4-6-16-32-18-34(20-40-26(32)38)30-24(36)22-9-13-28-14-10-22/h7-14H,1-6,15-20H2,(H,29,35)(H,30,36). The lowest BCUT2D eigenvalue weighted by atomic mass is 10.1. The molecule has 4 rings (SSSR count). The molecule has 2 N–H and O–H groups in total. The maximum Gasteiger partial charge on any atom is 0.265 e. The van der Waals surface area contributed by atoms with Crippen LogP contribution in [0.2, 0.25) is 0 Å². The number of rotatable bonds is 13. The maximum absolute atomic E-state index is 12.4. The number of hydrogen-bond donors (Lipinski definition) is 2. The first-order valence-electron chi connectivity index (χ1n) is 13.2. The molecule has 0 saturated carbocycles. The van der Waals surface area contributed by atoms with E-state index >= 15 is 0 Å². The quantitative estimate of drug-likeness (QED) is 0.252. The molecule has 0 aromatic carbocycles. The van der Waals surface area contributed by atoms with Crippen molar-refractivity contribution in [3.05, 3.63) is 60.2 Å². The van der Waals surface area contributed by atoms with Crippen molar-refractivity contribution >= 4 is 68.4 Å². The van der Waals surface area contributed by atoms with E-state index in [2.05, 4.69) is 30.6 Å². The number of nitrogens with one attached hydrogen (secondary N) is 2. The van der Waals surface area contributed by atoms with Crippen molar-refractivity contribution < 1.29 is 9.59 Å². The monoisotopic (exact) mass is 618 g/mol. The molecule has 2 aliphatic heterocycles. The number of hydrogen-bond acceptors (Lipinski definition) is 10. The molecular formula is C26H34N8O2S4. The van der Waals surface area contributed by atoms with Gasteiger partial charge in [0.15, 0.2) is 0 Å². The smallest absolute Gasteiger partial charge is 0.265 e. The third kappa shape index (κ3) is 9.63. The van der Waals surface area contributed by atoms with Gasteiger partial charge in [-0.2, -0.15) is 10.0 Å². The molecule has 0 bridgehead atoms. The van der Waals surface area contributed by atoms with Gasteiger partial charge in [0.1, 0.15) is 8.64 Å². The van der Waals surface area contributed by atoms with Crippen LogP contribution in [0.25, 0.3) is 0 Å². The van der Waals surface area contributed by atoms with E-state index in [-0.39, 0.29) is 11.8 Å². The Labute approximate surface area is 254 Å². The summed E-state index contributed by atoms with van der Waals surface area (Å²) in [5.74, 6) is 1.00. The summed E-state index contributed by atoms with van der Waals surface area (Å²) in [4.78, 5) is 37.1. The van der Waals surface area contributed by atoms with Crippen LogP contribution in [-0.2, 0) is 0 Å². The number of thiocarbonyl (C=S) groups is 2. The highest BCUT2D eigenvalue weighted by atomic mass is 32.2. The zero-order chi connectivity index (χ0) is 28.2. The molecule has 4 heterocycles. The van der Waals surface area contributed by atoms with E-state index in [1.165, 1.54) is 12.8 Å². The Balaban J connectivity index is 1.07. The highest BCUT2D eigenvalue weighted by molar-refractivity contribution is 8.23. The molecule has 14 heteroatoms. The van der Waals surface area contributed by atoms with Crippen LogP contribution in [0.3, 0.4) is 0 Å². The molecule has 0 spiro atoms. The van der Waals surface area contributed by atoms with Crippen LogP contribution < -0.4 is 10.9 Å². The van der Waals surface area contributed by atoms with Gasteiger partial charge in [-0.05, 0) is 37.1 Å². The first-order valence-corrected chi connectivity index (χ1v) is 16.0. The fourth-order valence-electron chi connectivity index (χ4n) is 4.25. The predicted octanol–water partition coefficient (Wildman–Crippen LogP) is 3.91. The fourth-order valence-corrected chi connectivity index (χ4v) is 6.36. The number of carbonyl (C=O) groups excluding carboxylic acids is 2. The average Bonchev–Trinajstić information content (AvgIpc) is 2.98. The van der Waals surface area contributed by atoms with Gasteiger partial charge >= 0.3 is 0 Å². The molecule has 10 nitrogen and oxygen atoms in total. The number of hydrazine groups is 2. The first-order chi connectivity index (χ1) is 19.5. The summed E-state index contributed by atoms with van der Waals surface area (Å²) in [6.45, 7) is 2.95. The third-order valence-electron chi connectivity index (χ3n) is 6.40. The normalized spacial score (nSPS) is 16.7. The lowest BCUT2D eigenvalue weighted by Gasteiger charge is -2.36. The zero-order valence-electron chi connectivity index (χ0n) is 22.2. The molecule has 0 radical (unpaired) electrons. The molecule has 0 aliphatic carbocycles. The van der Waals surface area contributed by atoms with Crippen molar-refractivity contribution in [2.45, 2.75) is 38.5 Å². The zero-order valence-corrected chi connectivity index (χ0v) is 25.5. The summed E-state index contributed by atoms with van der Waals surface area (Å²) in [6.07, 6.45) is 13.2. The van der Waals surface area contributed by atoms with Crippen molar-refractivity contribution in [1.29, 1.82) is 0 Å². The van der Waals surface area contributed by atoms with Gasteiger partial charge < -0.3 is 9.80 Å². The van der Waals surface area contributed by atoms with Gasteiger partial charge in [-0.1, -0.05) is 73.6 Å². The second-order valence-electron chi connectivity index (χ2n) is 9.44. The van der Waals surface area contributed by atoms with Crippen LogP contribution in [0, 0.1) is 0 Å². The largest absolute Gasteiger partial charge is 0.343 e. The van der Waals surface area contributed by atoms with Crippen molar-refractivity contribution in [2.24, 2.45) is 0 Å². The Hall–Kier alpha value is -2.36. The third-order valence-corrected chi connectivity index (χ3v) is 9.51. The van der Waals surface area contributed by atoms with Crippen LogP contribution in [-0.4, -0.2) is 88.4 Å². The van der Waals surface area contributed by atoms with E-state index in [0.717, 1.165) is 47.4 Å². The molecule has 2 aromatic rings. The second-order valence-corrected chi connectivity index (χ2v) is 12.6. The SMILES string of the molecule is O=C(NN1CSC(=S)N(CCCCCCCCN2CN(NC(=O)c3ccncc3)CSC2=S)C1)c1ccncc1. The van der Waals surface area contributed by atoms with Gasteiger partial charge in [-0.3, -0.25) is 30.4 Å². The Bertz CT molecular complexity index is 1050. The van der Waals surface area contributed by atoms with E-state index in [4.69, 9.17) is 24.4 Å². The van der Waals surface area contributed by atoms with Crippen molar-refractivity contribution in [3.63, 3.8) is 0 Å². The van der Waals surface area contributed by atoms with Crippen LogP contribution in [0.1, 0.15) is 59.2 Å². The summed E-state index contributed by atoms with van der Waals surface area (Å²) in [7, 11) is 0. The molecule has 2 amide bonds. The average molecular weight is 619 g/mol. The summed E-state index contributed by atoms with van der Waals surface area (Å²) in [5, 5.41) is 3.80. The highest BCUT2D eigenvalue weighted by Crippen LogP contribution is 2.20. The number of thioether (sulfide) groups is 2. The van der Waals surface area contributed by atoms with E-state index in [1.807, 2.05) is 10.0 Å². The Morgan fingerprint density at radius 2 is 1.05 bits per heavy atom. The molecule has 2 aromatic heterocycles. The number of amides is 2. The Morgan fingerprint density at radius 1 is 0.675 bits per heavy atom. The van der Waals surface area contributed by atoms with E-state index in [9.17, 15) is 9.59 Å². The van der Waals surface area contributed by atoms with E-state index in [0.29, 0.717) is 36.2 Å². The molecule has 0 unspecified atom stereocenters. The van der Waals surface area contributed by atoms with Gasteiger partial charge in [0.25, 0.3) is 11.8 Å². The van der Waals surface area contributed by atoms with Crippen molar-refractivity contribution in [1.82, 2.24) is 40.6 Å². The minimum atomic E-state index is -0.137. The topological polar surface area (TPSA) is 96.9 Å². The summed E-state index contributed by atoms with van der Waals surface area (Å²) in [6, 6.07) is 6.81. The number of nitrogens with zero attached hydrogens (tertiary/aromatic N) is 6. The van der Waals surface area contributed by atoms with Gasteiger partial charge in [-0.25, -0.2) is 0 Å². The molecule has 40 heavy (non-hydrogen) atoms. The Morgan fingerprint density at radius 3 is 1.45 bits per heavy atom. The Kier molecular flexibility index (Phi) is 12.4. The van der Waals surface area contributed by atoms with Crippen LogP contribution in [0.15, 0.2) is 49.1 Å². The van der Waals surface area contributed by atoms with Crippen molar-refractivity contribution in [2.75, 3.05) is 38.2 Å². The van der Waals surface area contributed by atoms with Crippen molar-refractivity contribution in [3.8, 4) is 0 Å². The van der Waals surface area contributed by atoms with E-state index in [1.54, 1.807) is 72.6 Å². The first kappa shape index (κ1) is 30.6. The summed E-state index contributed by atoms with van der Waals surface area (Å²) in [5.41, 5.74) is 7.10. The summed E-state index contributed by atoms with van der Waals surface area (Å²) < 4.78 is 1.77. The van der Waals surface area contributed by atoms with Crippen LogP contribution in [0.5, 0.6) is 0 Å². The summed E-state index contributed by atoms with van der Waals surface area (Å²) >= 11 is 14.2. The molecule has 2 fully saturated rings. The minimum Gasteiger partial charge on any atom is -0.343 e. The van der Waals surface area contributed by atoms with E-state index < -0.39 is 0 Å². The predicted molar refractivity (Wildman–Crippen MR) is 168 cm³/mol. The number of unbranched alkanes of at least 4 members (excludes halogenated alkanes) is 5. The van der Waals surface area contributed by atoms with Gasteiger partial charge in [0.2, 0.25) is 0 Å². The van der Waals surface area contributed by atoms with Gasteiger partial charge in [0.05, 0.1) is 25.1 Å². The minimum absolute atomic E-state index is 0.137. The van der Waals surface area contributed by atoms with Gasteiger partial charge in [0, 0.05) is 49.0 Å². The maximum atomic E-state index is 12.4. The molecule has 2 aliphatic rings. The lowest BCUT2D eigenvalue weighted by Crippen LogP contribution is -2.52. The van der Waals surface area contributed by atoms with Crippen LogP contribution >= 0.6 is 48.0 Å². The lowest BCUT2D eigenvalue weighted by molar-refractivity contribution is 0.0742. The molecular weight excluding hydrogens is 585 g/mol. The number of carbonyl (C=O) groups is 2.